The van der Waals surface area contributed by atoms with E-state index in [1.165, 1.54) is 31.4 Å². The predicted octanol–water partition coefficient (Wildman–Crippen LogP) is 3.77. The average molecular weight is 346 g/mol. The Balaban J connectivity index is 1.73. The van der Waals surface area contributed by atoms with Crippen LogP contribution in [0.4, 0.5) is 4.39 Å². The molecule has 0 aliphatic carbocycles. The Bertz CT molecular complexity index is 652. The smallest absolute Gasteiger partial charge is 0.226 e. The molecule has 1 heterocycles. The maximum absolute atomic E-state index is 13.0. The lowest BCUT2D eigenvalue weighted by Gasteiger charge is -2.11. The Hall–Kier alpha value is -2.37. The summed E-state index contributed by atoms with van der Waals surface area (Å²) in [7, 11) is 1.77. The third-order valence-electron chi connectivity index (χ3n) is 3.86. The number of nitrogens with one attached hydrogen (secondary N) is 2. The van der Waals surface area contributed by atoms with E-state index in [1.807, 2.05) is 0 Å². The molecule has 2 N–H and O–H groups in total. The summed E-state index contributed by atoms with van der Waals surface area (Å²) in [5.41, 5.74) is 1.62. The molecule has 1 aromatic heterocycles. The van der Waals surface area contributed by atoms with Crippen LogP contribution in [0, 0.1) is 5.82 Å². The summed E-state index contributed by atoms with van der Waals surface area (Å²) in [6.07, 6.45) is 7.27. The van der Waals surface area contributed by atoms with Gasteiger partial charge in [-0.3, -0.25) is 4.99 Å². The molecule has 2 aromatic rings. The molecule has 0 bridgehead atoms. The summed E-state index contributed by atoms with van der Waals surface area (Å²) in [6, 6.07) is 6.12. The third-order valence-corrected chi connectivity index (χ3v) is 3.86. The molecule has 0 radical (unpaired) electrons. The largest absolute Gasteiger partial charge is 0.444 e. The van der Waals surface area contributed by atoms with Crippen molar-refractivity contribution in [2.45, 2.75) is 39.0 Å². The van der Waals surface area contributed by atoms with Crippen LogP contribution in [-0.4, -0.2) is 31.1 Å². The highest BCUT2D eigenvalue weighted by Gasteiger charge is 2.07. The second-order valence-corrected chi connectivity index (χ2v) is 5.89. The van der Waals surface area contributed by atoms with Crippen molar-refractivity contribution in [3.63, 3.8) is 0 Å². The fourth-order valence-corrected chi connectivity index (χ4v) is 2.44. The molecule has 0 spiro atoms. The van der Waals surface area contributed by atoms with Gasteiger partial charge in [-0.25, -0.2) is 9.37 Å². The van der Waals surface area contributed by atoms with Gasteiger partial charge in [-0.05, 0) is 30.7 Å². The van der Waals surface area contributed by atoms with Gasteiger partial charge in [0.2, 0.25) is 5.89 Å². The van der Waals surface area contributed by atoms with Crippen LogP contribution in [0.3, 0.4) is 0 Å². The standard InChI is InChI=1S/C19H27FN4O/c1-3-4-5-6-12-22-19(21-2)23-13-11-17-14-25-18(24-17)15-7-9-16(20)10-8-15/h7-10,14H,3-6,11-13H2,1-2H3,(H2,21,22,23). The van der Waals surface area contributed by atoms with Crippen LogP contribution >= 0.6 is 0 Å². The highest BCUT2D eigenvalue weighted by atomic mass is 19.1. The molecule has 0 unspecified atom stereocenters. The number of hydrogen-bond acceptors (Lipinski definition) is 3. The Kier molecular flexibility index (Phi) is 7.95. The zero-order chi connectivity index (χ0) is 17.9. The van der Waals surface area contributed by atoms with E-state index in [-0.39, 0.29) is 5.82 Å². The van der Waals surface area contributed by atoms with Crippen molar-refractivity contribution in [2.75, 3.05) is 20.1 Å². The Morgan fingerprint density at radius 3 is 2.60 bits per heavy atom. The summed E-state index contributed by atoms with van der Waals surface area (Å²) in [6.45, 7) is 3.85. The highest BCUT2D eigenvalue weighted by molar-refractivity contribution is 5.79. The molecule has 0 fully saturated rings. The van der Waals surface area contributed by atoms with Crippen LogP contribution in [0.5, 0.6) is 0 Å². The second kappa shape index (κ2) is 10.5. The average Bonchev–Trinajstić information content (AvgIpc) is 3.09. The van der Waals surface area contributed by atoms with E-state index in [9.17, 15) is 4.39 Å². The third kappa shape index (κ3) is 6.57. The van der Waals surface area contributed by atoms with Gasteiger partial charge in [0.25, 0.3) is 0 Å². The first-order chi connectivity index (χ1) is 12.2. The van der Waals surface area contributed by atoms with Gasteiger partial charge >= 0.3 is 0 Å². The molecule has 5 nitrogen and oxygen atoms in total. The minimum Gasteiger partial charge on any atom is -0.444 e. The number of guanidine groups is 1. The zero-order valence-electron chi connectivity index (χ0n) is 15.0. The highest BCUT2D eigenvalue weighted by Crippen LogP contribution is 2.18. The lowest BCUT2D eigenvalue weighted by molar-refractivity contribution is 0.571. The van der Waals surface area contributed by atoms with E-state index in [0.717, 1.165) is 36.6 Å². The van der Waals surface area contributed by atoms with Crippen LogP contribution in [0.15, 0.2) is 39.9 Å². The second-order valence-electron chi connectivity index (χ2n) is 5.89. The van der Waals surface area contributed by atoms with Gasteiger partial charge < -0.3 is 15.1 Å². The first-order valence-corrected chi connectivity index (χ1v) is 8.87. The number of aliphatic imine (C=N–C) groups is 1. The quantitative estimate of drug-likeness (QED) is 0.412. The Morgan fingerprint density at radius 2 is 1.88 bits per heavy atom. The maximum Gasteiger partial charge on any atom is 0.226 e. The first kappa shape index (κ1) is 19.0. The van der Waals surface area contributed by atoms with E-state index >= 15 is 0 Å². The number of halogens is 1. The summed E-state index contributed by atoms with van der Waals surface area (Å²) in [5, 5.41) is 6.58. The predicted molar refractivity (Wildman–Crippen MR) is 99.1 cm³/mol. The van der Waals surface area contributed by atoms with Crippen molar-refractivity contribution >= 4 is 5.96 Å². The molecule has 2 rings (SSSR count). The van der Waals surface area contributed by atoms with Gasteiger partial charge in [0.1, 0.15) is 12.1 Å². The zero-order valence-corrected chi connectivity index (χ0v) is 15.0. The van der Waals surface area contributed by atoms with E-state index in [0.29, 0.717) is 12.4 Å². The molecule has 0 aliphatic heterocycles. The van der Waals surface area contributed by atoms with Crippen LogP contribution < -0.4 is 10.6 Å². The van der Waals surface area contributed by atoms with Gasteiger partial charge in [0, 0.05) is 32.1 Å². The van der Waals surface area contributed by atoms with Gasteiger partial charge in [0.15, 0.2) is 5.96 Å². The molecule has 0 aliphatic rings. The van der Waals surface area contributed by atoms with E-state index < -0.39 is 0 Å². The van der Waals surface area contributed by atoms with Crippen LogP contribution in [0.2, 0.25) is 0 Å². The van der Waals surface area contributed by atoms with E-state index in [4.69, 9.17) is 4.42 Å². The normalized spacial score (nSPS) is 11.6. The summed E-state index contributed by atoms with van der Waals surface area (Å²) in [4.78, 5) is 8.65. The molecule has 0 saturated carbocycles. The molecule has 136 valence electrons. The van der Waals surface area contributed by atoms with Crippen molar-refractivity contribution in [2.24, 2.45) is 4.99 Å². The lowest BCUT2D eigenvalue weighted by atomic mass is 10.2. The van der Waals surface area contributed by atoms with Crippen molar-refractivity contribution < 1.29 is 8.81 Å². The monoisotopic (exact) mass is 346 g/mol. The Morgan fingerprint density at radius 1 is 1.12 bits per heavy atom. The maximum atomic E-state index is 13.0. The number of unbranched alkanes of at least 4 members (excludes halogenated alkanes) is 3. The molecule has 6 heteroatoms. The molecular formula is C19H27FN4O. The van der Waals surface area contributed by atoms with Crippen molar-refractivity contribution in [3.8, 4) is 11.5 Å². The number of hydrogen-bond donors (Lipinski definition) is 2. The number of nitrogens with zero attached hydrogens (tertiary/aromatic N) is 2. The van der Waals surface area contributed by atoms with Crippen molar-refractivity contribution in [1.82, 2.24) is 15.6 Å². The SMILES string of the molecule is CCCCCCNC(=NC)NCCc1coc(-c2ccc(F)cc2)n1. The van der Waals surface area contributed by atoms with Crippen LogP contribution in [0.1, 0.15) is 38.3 Å². The van der Waals surface area contributed by atoms with E-state index in [1.54, 1.807) is 25.4 Å². The van der Waals surface area contributed by atoms with Crippen molar-refractivity contribution in [1.29, 1.82) is 0 Å². The molecular weight excluding hydrogens is 319 g/mol. The lowest BCUT2D eigenvalue weighted by Crippen LogP contribution is -2.38. The van der Waals surface area contributed by atoms with Gasteiger partial charge in [-0.15, -0.1) is 0 Å². The molecule has 1 aromatic carbocycles. The molecule has 0 atom stereocenters. The van der Waals surface area contributed by atoms with E-state index in [2.05, 4.69) is 27.5 Å². The van der Waals surface area contributed by atoms with Gasteiger partial charge in [-0.1, -0.05) is 26.2 Å². The minimum absolute atomic E-state index is 0.270. The van der Waals surface area contributed by atoms with Crippen LogP contribution in [0.25, 0.3) is 11.5 Å². The fraction of sp³-hybridized carbons (Fsp3) is 0.474. The first-order valence-electron chi connectivity index (χ1n) is 8.87. The van der Waals surface area contributed by atoms with Gasteiger partial charge in [-0.2, -0.15) is 0 Å². The molecule has 0 saturated heterocycles. The number of aromatic nitrogens is 1. The summed E-state index contributed by atoms with van der Waals surface area (Å²) < 4.78 is 18.4. The molecule has 0 amide bonds. The van der Waals surface area contributed by atoms with Crippen molar-refractivity contribution in [3.05, 3.63) is 42.0 Å². The van der Waals surface area contributed by atoms with Gasteiger partial charge in [0.05, 0.1) is 5.69 Å². The summed E-state index contributed by atoms with van der Waals surface area (Å²) >= 11 is 0. The minimum atomic E-state index is -0.270. The summed E-state index contributed by atoms with van der Waals surface area (Å²) in [5.74, 6) is 1.04. The van der Waals surface area contributed by atoms with Crippen LogP contribution in [-0.2, 0) is 6.42 Å². The number of rotatable bonds is 9. The fourth-order valence-electron chi connectivity index (χ4n) is 2.44. The number of oxazole rings is 1. The number of benzene rings is 1. The molecule has 25 heavy (non-hydrogen) atoms. The topological polar surface area (TPSA) is 62.5 Å². The Labute approximate surface area is 148 Å².